The number of hydrogen-bond acceptors (Lipinski definition) is 2. The Balaban J connectivity index is 2.16. The van der Waals surface area contributed by atoms with E-state index < -0.39 is 35.6 Å². The summed E-state index contributed by atoms with van der Waals surface area (Å²) < 4.78 is 65.7. The van der Waals surface area contributed by atoms with E-state index in [4.69, 9.17) is 9.47 Å². The van der Waals surface area contributed by atoms with Crippen LogP contribution in [-0.4, -0.2) is 0 Å². The predicted molar refractivity (Wildman–Crippen MR) is 86.5 cm³/mol. The summed E-state index contributed by atoms with van der Waals surface area (Å²) in [5.41, 5.74) is 0.192. The van der Waals surface area contributed by atoms with E-state index >= 15 is 0 Å². The third kappa shape index (κ3) is 4.32. The lowest BCUT2D eigenvalue weighted by Crippen LogP contribution is -2.05. The van der Waals surface area contributed by atoms with Crippen LogP contribution < -0.4 is 9.47 Å². The minimum Gasteiger partial charge on any atom is -0.486 e. The zero-order chi connectivity index (χ0) is 18.4. The Morgan fingerprint density at radius 2 is 1.44 bits per heavy atom. The van der Waals surface area contributed by atoms with Crippen molar-refractivity contribution in [3.63, 3.8) is 0 Å². The largest absolute Gasteiger partial charge is 0.486 e. The molecule has 0 aliphatic heterocycles. The number of ether oxygens (including phenoxy) is 2. The molecule has 0 N–H and O–H groups in total. The van der Waals surface area contributed by atoms with Gasteiger partial charge in [0.1, 0.15) is 6.61 Å². The van der Waals surface area contributed by atoms with E-state index in [1.165, 1.54) is 30.5 Å². The molecule has 0 unspecified atom stereocenters. The van der Waals surface area contributed by atoms with Crippen LogP contribution in [0, 0.1) is 23.3 Å². The molecule has 0 saturated heterocycles. The quantitative estimate of drug-likeness (QED) is 0.470. The monoisotopic (exact) mass is 354 g/mol. The van der Waals surface area contributed by atoms with Crippen molar-refractivity contribution in [3.05, 3.63) is 71.0 Å². The van der Waals surface area contributed by atoms with Crippen molar-refractivity contribution in [1.29, 1.82) is 0 Å². The molecule has 0 amide bonds. The fourth-order valence-corrected chi connectivity index (χ4v) is 2.22. The number of benzene rings is 2. The molecular weight excluding hydrogens is 336 g/mol. The summed E-state index contributed by atoms with van der Waals surface area (Å²) in [6.45, 7) is 3.08. The Bertz CT molecular complexity index is 773. The molecule has 2 nitrogen and oxygen atoms in total. The predicted octanol–water partition coefficient (Wildman–Crippen LogP) is 5.69. The van der Waals surface area contributed by atoms with Gasteiger partial charge in [0.15, 0.2) is 23.1 Å². The summed E-state index contributed by atoms with van der Waals surface area (Å²) >= 11 is 0. The molecule has 0 spiro atoms. The highest BCUT2D eigenvalue weighted by Crippen LogP contribution is 2.29. The molecule has 0 heterocycles. The highest BCUT2D eigenvalue weighted by atomic mass is 19.2. The molecule has 0 fully saturated rings. The molecule has 25 heavy (non-hydrogen) atoms. The van der Waals surface area contributed by atoms with Crippen LogP contribution >= 0.6 is 0 Å². The van der Waals surface area contributed by atoms with Crippen molar-refractivity contribution >= 4 is 0 Å². The normalized spacial score (nSPS) is 11.1. The lowest BCUT2D eigenvalue weighted by atomic mass is 10.1. The maximum absolute atomic E-state index is 14.0. The van der Waals surface area contributed by atoms with E-state index in [9.17, 15) is 17.6 Å². The molecule has 2 rings (SSSR count). The first kappa shape index (κ1) is 18.8. The zero-order valence-corrected chi connectivity index (χ0v) is 13.9. The minimum absolute atomic E-state index is 0.0774. The molecule has 0 radical (unpaired) electrons. The van der Waals surface area contributed by atoms with Gasteiger partial charge in [-0.1, -0.05) is 31.6 Å². The van der Waals surface area contributed by atoms with Crippen LogP contribution in [0.2, 0.25) is 0 Å². The Kier molecular flexibility index (Phi) is 6.44. The van der Waals surface area contributed by atoms with Crippen molar-refractivity contribution in [3.8, 4) is 11.5 Å². The summed E-state index contributed by atoms with van der Waals surface area (Å²) in [4.78, 5) is 0. The molecule has 0 atom stereocenters. The maximum Gasteiger partial charge on any atom is 0.205 e. The highest BCUT2D eigenvalue weighted by Gasteiger charge is 2.17. The number of aryl methyl sites for hydroxylation is 1. The first-order valence-electron chi connectivity index (χ1n) is 7.83. The van der Waals surface area contributed by atoms with Gasteiger partial charge in [0.2, 0.25) is 11.6 Å². The second-order valence-electron chi connectivity index (χ2n) is 5.33. The Morgan fingerprint density at radius 1 is 0.840 bits per heavy atom. The lowest BCUT2D eigenvalue weighted by molar-refractivity contribution is 0.275. The van der Waals surface area contributed by atoms with Gasteiger partial charge in [-0.05, 0) is 31.0 Å². The number of hydrogen-bond donors (Lipinski definition) is 0. The number of halogens is 4. The smallest absolute Gasteiger partial charge is 0.205 e. The average Bonchev–Trinajstić information content (AvgIpc) is 2.61. The standard InChI is InChI=1S/C19H18F4O2/c1-3-5-12-6-7-13(17(21)16(12)20)11-25-15-9-8-14(24-10-4-2)18(22)19(15)23/h4,6-10H,3,5,11H2,1-2H3. The first-order chi connectivity index (χ1) is 12.0. The fourth-order valence-electron chi connectivity index (χ4n) is 2.22. The van der Waals surface area contributed by atoms with Crippen LogP contribution in [0.4, 0.5) is 17.6 Å². The van der Waals surface area contributed by atoms with E-state index in [0.29, 0.717) is 12.8 Å². The van der Waals surface area contributed by atoms with E-state index in [1.807, 2.05) is 6.92 Å². The van der Waals surface area contributed by atoms with Gasteiger partial charge < -0.3 is 9.47 Å². The topological polar surface area (TPSA) is 18.5 Å². The molecule has 0 aliphatic rings. The molecule has 0 aromatic heterocycles. The Hall–Kier alpha value is -2.50. The second kappa shape index (κ2) is 8.55. The third-order valence-corrected chi connectivity index (χ3v) is 3.49. The van der Waals surface area contributed by atoms with Crippen LogP contribution in [0.1, 0.15) is 31.4 Å². The number of rotatable bonds is 7. The molecule has 2 aromatic carbocycles. The zero-order valence-electron chi connectivity index (χ0n) is 13.9. The van der Waals surface area contributed by atoms with E-state index in [1.54, 1.807) is 6.92 Å². The summed E-state index contributed by atoms with van der Waals surface area (Å²) in [7, 11) is 0. The van der Waals surface area contributed by atoms with E-state index in [0.717, 1.165) is 6.07 Å². The van der Waals surface area contributed by atoms with E-state index in [-0.39, 0.29) is 16.9 Å². The van der Waals surface area contributed by atoms with Gasteiger partial charge in [-0.2, -0.15) is 8.78 Å². The molecule has 6 heteroatoms. The van der Waals surface area contributed by atoms with Gasteiger partial charge >= 0.3 is 0 Å². The van der Waals surface area contributed by atoms with Crippen molar-refractivity contribution < 1.29 is 27.0 Å². The van der Waals surface area contributed by atoms with Gasteiger partial charge in [-0.15, -0.1) is 0 Å². The van der Waals surface area contributed by atoms with Crippen LogP contribution in [0.25, 0.3) is 0 Å². The van der Waals surface area contributed by atoms with Crippen molar-refractivity contribution in [2.24, 2.45) is 0 Å². The minimum atomic E-state index is -1.26. The molecule has 0 saturated carbocycles. The van der Waals surface area contributed by atoms with Crippen molar-refractivity contribution in [2.75, 3.05) is 0 Å². The van der Waals surface area contributed by atoms with Crippen molar-refractivity contribution in [1.82, 2.24) is 0 Å². The maximum atomic E-state index is 14.0. The Morgan fingerprint density at radius 3 is 2.12 bits per heavy atom. The van der Waals surface area contributed by atoms with Crippen LogP contribution in [-0.2, 0) is 13.0 Å². The summed E-state index contributed by atoms with van der Waals surface area (Å²) in [6, 6.07) is 5.19. The van der Waals surface area contributed by atoms with Gasteiger partial charge in [0.05, 0.1) is 6.26 Å². The first-order valence-corrected chi connectivity index (χ1v) is 7.83. The molecule has 0 aliphatic carbocycles. The SMILES string of the molecule is CC=COc1ccc(OCc2ccc(CCC)c(F)c2F)c(F)c1F. The van der Waals surface area contributed by atoms with Gasteiger partial charge in [0.25, 0.3) is 0 Å². The molecule has 134 valence electrons. The average molecular weight is 354 g/mol. The van der Waals surface area contributed by atoms with Crippen LogP contribution in [0.3, 0.4) is 0 Å². The highest BCUT2D eigenvalue weighted by molar-refractivity contribution is 5.36. The summed E-state index contributed by atoms with van der Waals surface area (Å²) in [5, 5.41) is 0. The molecule has 0 bridgehead atoms. The van der Waals surface area contributed by atoms with Crippen molar-refractivity contribution in [2.45, 2.75) is 33.3 Å². The van der Waals surface area contributed by atoms with Crippen LogP contribution in [0.15, 0.2) is 36.6 Å². The van der Waals surface area contributed by atoms with E-state index in [2.05, 4.69) is 0 Å². The lowest BCUT2D eigenvalue weighted by Gasteiger charge is -2.11. The van der Waals surface area contributed by atoms with Gasteiger partial charge in [0, 0.05) is 5.56 Å². The number of allylic oxidation sites excluding steroid dienone is 1. The molecular formula is C19H18F4O2. The van der Waals surface area contributed by atoms with Gasteiger partial charge in [-0.3, -0.25) is 0 Å². The van der Waals surface area contributed by atoms with Gasteiger partial charge in [-0.25, -0.2) is 8.78 Å². The van der Waals surface area contributed by atoms with Crippen LogP contribution in [0.5, 0.6) is 11.5 Å². The molecule has 2 aromatic rings. The summed E-state index contributed by atoms with van der Waals surface area (Å²) in [5.74, 6) is -5.18. The summed E-state index contributed by atoms with van der Waals surface area (Å²) in [6.07, 6.45) is 3.81. The third-order valence-electron chi connectivity index (χ3n) is 3.49. The fraction of sp³-hybridized carbons (Fsp3) is 0.263. The second-order valence-corrected chi connectivity index (χ2v) is 5.33. The Labute approximate surface area is 143 Å².